The van der Waals surface area contributed by atoms with Gasteiger partial charge in [0.05, 0.1) is 4.92 Å². The van der Waals surface area contributed by atoms with Gasteiger partial charge in [0.15, 0.2) is 10.9 Å². The Hall–Kier alpha value is -1.61. The van der Waals surface area contributed by atoms with E-state index < -0.39 is 14.9 Å². The molecular weight excluding hydrogens is 278 g/mol. The van der Waals surface area contributed by atoms with E-state index in [2.05, 4.69) is 4.99 Å². The zero-order chi connectivity index (χ0) is 13.5. The van der Waals surface area contributed by atoms with Crippen LogP contribution >= 0.6 is 11.8 Å². The van der Waals surface area contributed by atoms with Gasteiger partial charge in [0, 0.05) is 13.1 Å². The molecule has 1 aromatic carbocycles. The second-order valence-electron chi connectivity index (χ2n) is 3.45. The first kappa shape index (κ1) is 12.8. The van der Waals surface area contributed by atoms with Gasteiger partial charge in [0.1, 0.15) is 4.90 Å². The van der Waals surface area contributed by atoms with Crippen LogP contribution in [0.15, 0.2) is 28.1 Å². The Morgan fingerprint density at radius 2 is 2.11 bits per heavy atom. The summed E-state index contributed by atoms with van der Waals surface area (Å²) in [7, 11) is -2.39. The van der Waals surface area contributed by atoms with E-state index in [9.17, 15) is 18.5 Å². The lowest BCUT2D eigenvalue weighted by atomic mass is 10.3. The van der Waals surface area contributed by atoms with Crippen LogP contribution in [0.1, 0.15) is 0 Å². The molecule has 0 amide bonds. The van der Waals surface area contributed by atoms with Crippen molar-refractivity contribution in [2.24, 2.45) is 4.99 Å². The molecule has 96 valence electrons. The highest BCUT2D eigenvalue weighted by molar-refractivity contribution is 8.14. The molecule has 0 N–H and O–H groups in total. The van der Waals surface area contributed by atoms with Crippen LogP contribution < -0.4 is 0 Å². The van der Waals surface area contributed by atoms with Crippen LogP contribution in [0.25, 0.3) is 0 Å². The first-order valence-electron chi connectivity index (χ1n) is 4.78. The fourth-order valence-corrected chi connectivity index (χ4v) is 3.71. The molecule has 0 unspecified atom stereocenters. The minimum absolute atomic E-state index is 0.107. The van der Waals surface area contributed by atoms with Gasteiger partial charge in [-0.2, -0.15) is 0 Å². The molecule has 0 fully saturated rings. The second kappa shape index (κ2) is 4.25. The Morgan fingerprint density at radius 3 is 2.67 bits per heavy atom. The number of fused-ring (bicyclic) bond motifs is 1. The molecule has 1 aliphatic heterocycles. The number of thioether (sulfide) groups is 1. The predicted molar refractivity (Wildman–Crippen MR) is 68.7 cm³/mol. The van der Waals surface area contributed by atoms with Gasteiger partial charge in [0.25, 0.3) is 15.7 Å². The lowest BCUT2D eigenvalue weighted by Crippen LogP contribution is -2.33. The van der Waals surface area contributed by atoms with Crippen molar-refractivity contribution in [2.75, 3.05) is 13.3 Å². The van der Waals surface area contributed by atoms with Gasteiger partial charge in [0.2, 0.25) is 0 Å². The number of para-hydroxylation sites is 1. The van der Waals surface area contributed by atoms with Gasteiger partial charge >= 0.3 is 0 Å². The van der Waals surface area contributed by atoms with E-state index in [0.717, 1.165) is 16.1 Å². The summed E-state index contributed by atoms with van der Waals surface area (Å²) in [6, 6.07) is 3.89. The molecule has 2 rings (SSSR count). The van der Waals surface area contributed by atoms with Gasteiger partial charge in [-0.25, -0.2) is 17.7 Å². The highest BCUT2D eigenvalue weighted by atomic mass is 32.2. The van der Waals surface area contributed by atoms with Crippen LogP contribution in [0.5, 0.6) is 0 Å². The Kier molecular flexibility index (Phi) is 3.03. The molecule has 1 aliphatic rings. The number of benzene rings is 1. The summed E-state index contributed by atoms with van der Waals surface area (Å²) < 4.78 is 25.3. The Morgan fingerprint density at radius 1 is 1.44 bits per heavy atom. The van der Waals surface area contributed by atoms with Crippen LogP contribution in [-0.4, -0.2) is 36.1 Å². The number of rotatable bonds is 1. The quantitative estimate of drug-likeness (QED) is 0.577. The summed E-state index contributed by atoms with van der Waals surface area (Å²) in [5, 5.41) is 11.1. The molecule has 1 heterocycles. The van der Waals surface area contributed by atoms with Crippen LogP contribution in [0, 0.1) is 10.1 Å². The van der Waals surface area contributed by atoms with E-state index in [0.29, 0.717) is 0 Å². The van der Waals surface area contributed by atoms with Crippen molar-refractivity contribution in [3.8, 4) is 0 Å². The maximum absolute atomic E-state index is 12.2. The SMILES string of the molecule is CSC1=Nc2c([N+](=O)[O-])cccc2S(=O)(=O)N1C. The smallest absolute Gasteiger partial charge is 0.258 e. The summed E-state index contributed by atoms with van der Waals surface area (Å²) in [4.78, 5) is 14.1. The first-order chi connectivity index (χ1) is 8.39. The van der Waals surface area contributed by atoms with Gasteiger partial charge in [-0.15, -0.1) is 0 Å². The lowest BCUT2D eigenvalue weighted by Gasteiger charge is -2.24. The summed E-state index contributed by atoms with van der Waals surface area (Å²) >= 11 is 1.11. The number of amidine groups is 1. The topological polar surface area (TPSA) is 92.9 Å². The fraction of sp³-hybridized carbons (Fsp3) is 0.222. The minimum Gasteiger partial charge on any atom is -0.258 e. The average Bonchev–Trinajstić information content (AvgIpc) is 2.33. The molecule has 0 aliphatic carbocycles. The van der Waals surface area contributed by atoms with Gasteiger partial charge in [-0.05, 0) is 12.3 Å². The summed E-state index contributed by atoms with van der Waals surface area (Å²) in [5.41, 5.74) is -0.416. The van der Waals surface area contributed by atoms with Crippen molar-refractivity contribution < 1.29 is 13.3 Å². The van der Waals surface area contributed by atoms with Crippen molar-refractivity contribution in [2.45, 2.75) is 4.90 Å². The van der Waals surface area contributed by atoms with E-state index in [1.165, 1.54) is 25.2 Å². The summed E-state index contributed by atoms with van der Waals surface area (Å²) in [5.74, 6) is 0. The third kappa shape index (κ3) is 1.75. The molecule has 9 heteroatoms. The molecule has 1 aromatic rings. The molecule has 0 saturated carbocycles. The Bertz CT molecular complexity index is 654. The van der Waals surface area contributed by atoms with E-state index >= 15 is 0 Å². The zero-order valence-corrected chi connectivity index (χ0v) is 11.2. The second-order valence-corrected chi connectivity index (χ2v) is 6.16. The maximum Gasteiger partial charge on any atom is 0.296 e. The third-order valence-corrected chi connectivity index (χ3v) is 5.10. The molecule has 0 radical (unpaired) electrons. The van der Waals surface area contributed by atoms with Crippen molar-refractivity contribution in [3.63, 3.8) is 0 Å². The number of sulfonamides is 1. The highest BCUT2D eigenvalue weighted by Gasteiger charge is 2.35. The molecule has 18 heavy (non-hydrogen) atoms. The summed E-state index contributed by atoms with van der Waals surface area (Å²) in [6.07, 6.45) is 1.66. The Balaban J connectivity index is 2.83. The van der Waals surface area contributed by atoms with E-state index in [1.807, 2.05) is 0 Å². The maximum atomic E-state index is 12.2. The molecular formula is C9H9N3O4S2. The molecule has 7 nitrogen and oxygen atoms in total. The molecule has 0 spiro atoms. The number of nitrogens with zero attached hydrogens (tertiary/aromatic N) is 3. The number of hydrogen-bond donors (Lipinski definition) is 0. The van der Waals surface area contributed by atoms with Gasteiger partial charge in [-0.3, -0.25) is 10.1 Å². The molecule has 0 bridgehead atoms. The zero-order valence-electron chi connectivity index (χ0n) is 9.52. The van der Waals surface area contributed by atoms with E-state index in [-0.39, 0.29) is 21.4 Å². The van der Waals surface area contributed by atoms with Crippen LogP contribution in [0.4, 0.5) is 11.4 Å². The van der Waals surface area contributed by atoms with Crippen LogP contribution in [-0.2, 0) is 10.0 Å². The number of nitro benzene ring substituents is 1. The first-order valence-corrected chi connectivity index (χ1v) is 7.45. The molecule has 0 atom stereocenters. The van der Waals surface area contributed by atoms with Gasteiger partial charge in [-0.1, -0.05) is 17.8 Å². The Labute approximate surface area is 108 Å². The van der Waals surface area contributed by atoms with E-state index in [1.54, 1.807) is 6.26 Å². The highest BCUT2D eigenvalue weighted by Crippen LogP contribution is 2.39. The number of nitro groups is 1. The van der Waals surface area contributed by atoms with Crippen molar-refractivity contribution in [3.05, 3.63) is 28.3 Å². The predicted octanol–water partition coefficient (Wildman–Crippen LogP) is 1.58. The van der Waals surface area contributed by atoms with Crippen LogP contribution in [0.2, 0.25) is 0 Å². The largest absolute Gasteiger partial charge is 0.296 e. The average molecular weight is 287 g/mol. The fourth-order valence-electron chi connectivity index (χ4n) is 1.57. The van der Waals surface area contributed by atoms with Crippen molar-refractivity contribution in [1.29, 1.82) is 0 Å². The van der Waals surface area contributed by atoms with Crippen molar-refractivity contribution >= 4 is 38.3 Å². The number of aliphatic imine (C=N–C) groups is 1. The monoisotopic (exact) mass is 287 g/mol. The van der Waals surface area contributed by atoms with E-state index in [4.69, 9.17) is 0 Å². The minimum atomic E-state index is -3.76. The summed E-state index contributed by atoms with van der Waals surface area (Å²) in [6.45, 7) is 0. The van der Waals surface area contributed by atoms with Gasteiger partial charge < -0.3 is 0 Å². The van der Waals surface area contributed by atoms with Crippen molar-refractivity contribution in [1.82, 2.24) is 4.31 Å². The molecule has 0 saturated heterocycles. The normalized spacial score (nSPS) is 17.0. The molecule has 0 aromatic heterocycles. The van der Waals surface area contributed by atoms with Crippen LogP contribution in [0.3, 0.4) is 0 Å². The standard InChI is InChI=1S/C9H9N3O4S2/c1-11-9(17-2)10-8-6(12(13)14)4-3-5-7(8)18(11,15)16/h3-5H,1-2H3. The lowest BCUT2D eigenvalue weighted by molar-refractivity contribution is -0.384. The number of hydrogen-bond acceptors (Lipinski definition) is 6. The third-order valence-electron chi connectivity index (χ3n) is 2.47.